The number of aliphatic hydroxyl groups excluding tert-OH is 1. The van der Waals surface area contributed by atoms with Gasteiger partial charge in [-0.25, -0.2) is 0 Å². The maximum Gasteiger partial charge on any atom is 0.261 e. The summed E-state index contributed by atoms with van der Waals surface area (Å²) in [6, 6.07) is 1.88. The fourth-order valence-corrected chi connectivity index (χ4v) is 2.72. The van der Waals surface area contributed by atoms with Crippen molar-refractivity contribution >= 4 is 17.2 Å². The van der Waals surface area contributed by atoms with E-state index in [9.17, 15) is 4.79 Å². The van der Waals surface area contributed by atoms with Crippen molar-refractivity contribution in [2.24, 2.45) is 0 Å². The predicted molar refractivity (Wildman–Crippen MR) is 84.1 cm³/mol. The van der Waals surface area contributed by atoms with E-state index in [4.69, 9.17) is 5.11 Å². The molecular weight excluding hydrogens is 270 g/mol. The molecule has 110 valence electrons. The van der Waals surface area contributed by atoms with E-state index in [-0.39, 0.29) is 12.5 Å². The summed E-state index contributed by atoms with van der Waals surface area (Å²) in [6.45, 7) is 4.94. The number of thiophene rings is 1. The molecular formula is C16H23NO2S. The number of aryl methyl sites for hydroxylation is 1. The van der Waals surface area contributed by atoms with Crippen molar-refractivity contribution in [3.8, 4) is 11.8 Å². The Labute approximate surface area is 125 Å². The molecule has 1 heterocycles. The van der Waals surface area contributed by atoms with E-state index in [1.54, 1.807) is 0 Å². The molecule has 0 atom stereocenters. The van der Waals surface area contributed by atoms with Crippen LogP contribution in [-0.2, 0) is 0 Å². The zero-order valence-electron chi connectivity index (χ0n) is 12.3. The zero-order valence-corrected chi connectivity index (χ0v) is 13.1. The molecule has 1 aromatic rings. The van der Waals surface area contributed by atoms with Crippen LogP contribution in [-0.4, -0.2) is 24.2 Å². The molecule has 0 aromatic carbocycles. The van der Waals surface area contributed by atoms with E-state index in [0.29, 0.717) is 11.3 Å². The van der Waals surface area contributed by atoms with Gasteiger partial charge in [-0.2, -0.15) is 0 Å². The van der Waals surface area contributed by atoms with Crippen molar-refractivity contribution < 1.29 is 9.90 Å². The van der Waals surface area contributed by atoms with Gasteiger partial charge in [-0.1, -0.05) is 38.0 Å². The quantitative estimate of drug-likeness (QED) is 0.599. The molecule has 0 aliphatic carbocycles. The highest BCUT2D eigenvalue weighted by Gasteiger charge is 2.10. The maximum atomic E-state index is 12.0. The number of aliphatic hydroxyl groups is 1. The van der Waals surface area contributed by atoms with Crippen LogP contribution in [0.5, 0.6) is 0 Å². The lowest BCUT2D eigenvalue weighted by Gasteiger charge is -2.02. The van der Waals surface area contributed by atoms with Crippen LogP contribution in [0.2, 0.25) is 0 Å². The Morgan fingerprint density at radius 3 is 2.90 bits per heavy atom. The highest BCUT2D eigenvalue weighted by atomic mass is 32.1. The van der Waals surface area contributed by atoms with Crippen molar-refractivity contribution in [2.75, 3.05) is 13.2 Å². The van der Waals surface area contributed by atoms with Crippen LogP contribution in [0.3, 0.4) is 0 Å². The van der Waals surface area contributed by atoms with E-state index in [1.807, 2.05) is 13.0 Å². The number of nitrogens with one attached hydrogen (secondary N) is 1. The molecule has 4 heteroatoms. The Balaban J connectivity index is 2.49. The Morgan fingerprint density at radius 2 is 2.20 bits per heavy atom. The first-order valence-electron chi connectivity index (χ1n) is 7.17. The van der Waals surface area contributed by atoms with Crippen LogP contribution >= 0.6 is 11.3 Å². The molecule has 0 bridgehead atoms. The first-order valence-corrected chi connectivity index (χ1v) is 7.99. The van der Waals surface area contributed by atoms with Crippen molar-refractivity contribution in [1.29, 1.82) is 0 Å². The first kappa shape index (κ1) is 16.7. The summed E-state index contributed by atoms with van der Waals surface area (Å²) in [6.07, 6.45) is 5.09. The summed E-state index contributed by atoms with van der Waals surface area (Å²) in [5.74, 6) is 5.88. The van der Waals surface area contributed by atoms with Gasteiger partial charge < -0.3 is 10.4 Å². The standard InChI is InChI=1S/C16H23NO2S/c1-3-4-5-7-10-17-16(19)15-12-13(2)14(20-15)9-6-8-11-18/h12,18H,3-5,7-8,10-11H2,1-2H3,(H,17,19). The molecule has 0 radical (unpaired) electrons. The Kier molecular flexibility index (Phi) is 8.01. The van der Waals surface area contributed by atoms with E-state index >= 15 is 0 Å². The van der Waals surface area contributed by atoms with Gasteiger partial charge in [0, 0.05) is 13.0 Å². The molecule has 2 N–H and O–H groups in total. The van der Waals surface area contributed by atoms with Crippen molar-refractivity contribution in [3.05, 3.63) is 21.4 Å². The largest absolute Gasteiger partial charge is 0.395 e. The number of hydrogen-bond donors (Lipinski definition) is 2. The third-order valence-electron chi connectivity index (χ3n) is 2.90. The Morgan fingerprint density at radius 1 is 1.40 bits per heavy atom. The minimum atomic E-state index is -0.00944. The molecule has 0 fully saturated rings. The van der Waals surface area contributed by atoms with Crippen LogP contribution in [0.1, 0.15) is 59.1 Å². The van der Waals surface area contributed by atoms with Gasteiger partial charge in [-0.05, 0) is 25.0 Å². The second kappa shape index (κ2) is 9.57. The summed E-state index contributed by atoms with van der Waals surface area (Å²) in [5, 5.41) is 11.7. The van der Waals surface area contributed by atoms with Crippen LogP contribution in [0.4, 0.5) is 0 Å². The van der Waals surface area contributed by atoms with E-state index in [1.165, 1.54) is 24.2 Å². The predicted octanol–water partition coefficient (Wildman–Crippen LogP) is 3.10. The number of unbranched alkanes of at least 4 members (excludes halogenated alkanes) is 3. The lowest BCUT2D eigenvalue weighted by atomic mass is 10.2. The lowest BCUT2D eigenvalue weighted by Crippen LogP contribution is -2.23. The molecule has 0 aliphatic heterocycles. The Bertz CT molecular complexity index is 482. The number of carbonyl (C=O) groups excluding carboxylic acids is 1. The van der Waals surface area contributed by atoms with Gasteiger partial charge >= 0.3 is 0 Å². The van der Waals surface area contributed by atoms with E-state index < -0.39 is 0 Å². The second-order valence-electron chi connectivity index (χ2n) is 4.71. The molecule has 1 amide bonds. The Hall–Kier alpha value is -1.31. The van der Waals surface area contributed by atoms with Crippen molar-refractivity contribution in [3.63, 3.8) is 0 Å². The normalized spacial score (nSPS) is 9.95. The summed E-state index contributed by atoms with van der Waals surface area (Å²) >= 11 is 1.42. The molecule has 1 rings (SSSR count). The summed E-state index contributed by atoms with van der Waals surface area (Å²) in [7, 11) is 0. The van der Waals surface area contributed by atoms with Gasteiger partial charge in [0.25, 0.3) is 5.91 Å². The second-order valence-corrected chi connectivity index (χ2v) is 5.77. The first-order chi connectivity index (χ1) is 9.69. The van der Waals surface area contributed by atoms with Crippen LogP contribution in [0.15, 0.2) is 6.07 Å². The monoisotopic (exact) mass is 293 g/mol. The summed E-state index contributed by atoms with van der Waals surface area (Å²) in [5.41, 5.74) is 1.02. The number of rotatable bonds is 7. The van der Waals surface area contributed by atoms with Gasteiger partial charge in [0.05, 0.1) is 16.4 Å². The SMILES string of the molecule is CCCCCCNC(=O)c1cc(C)c(C#CCCO)s1. The van der Waals surface area contributed by atoms with Crippen LogP contribution in [0.25, 0.3) is 0 Å². The molecule has 0 aliphatic rings. The summed E-state index contributed by atoms with van der Waals surface area (Å²) < 4.78 is 0. The highest BCUT2D eigenvalue weighted by molar-refractivity contribution is 7.14. The molecule has 0 saturated heterocycles. The topological polar surface area (TPSA) is 49.3 Å². The van der Waals surface area contributed by atoms with Crippen LogP contribution < -0.4 is 5.32 Å². The summed E-state index contributed by atoms with van der Waals surface area (Å²) in [4.78, 5) is 13.6. The molecule has 3 nitrogen and oxygen atoms in total. The highest BCUT2D eigenvalue weighted by Crippen LogP contribution is 2.20. The van der Waals surface area contributed by atoms with E-state index in [2.05, 4.69) is 24.1 Å². The number of hydrogen-bond acceptors (Lipinski definition) is 3. The van der Waals surface area contributed by atoms with E-state index in [0.717, 1.165) is 29.8 Å². The van der Waals surface area contributed by atoms with Gasteiger partial charge in [-0.15, -0.1) is 11.3 Å². The average Bonchev–Trinajstić information content (AvgIpc) is 2.80. The molecule has 1 aromatic heterocycles. The third-order valence-corrected chi connectivity index (χ3v) is 4.05. The molecule has 0 unspecified atom stereocenters. The van der Waals surface area contributed by atoms with Gasteiger partial charge in [0.2, 0.25) is 0 Å². The number of amides is 1. The fourth-order valence-electron chi connectivity index (χ4n) is 1.76. The van der Waals surface area contributed by atoms with Crippen LogP contribution in [0, 0.1) is 18.8 Å². The zero-order chi connectivity index (χ0) is 14.8. The lowest BCUT2D eigenvalue weighted by molar-refractivity contribution is 0.0957. The van der Waals surface area contributed by atoms with Crippen molar-refractivity contribution in [1.82, 2.24) is 5.32 Å². The van der Waals surface area contributed by atoms with Gasteiger partial charge in [-0.3, -0.25) is 4.79 Å². The maximum absolute atomic E-state index is 12.0. The molecule has 20 heavy (non-hydrogen) atoms. The molecule has 0 saturated carbocycles. The van der Waals surface area contributed by atoms with Gasteiger partial charge in [0.15, 0.2) is 0 Å². The molecule has 0 spiro atoms. The number of carbonyl (C=O) groups is 1. The third kappa shape index (κ3) is 5.77. The minimum absolute atomic E-state index is 0.00944. The van der Waals surface area contributed by atoms with Gasteiger partial charge in [0.1, 0.15) is 0 Å². The fraction of sp³-hybridized carbons (Fsp3) is 0.562. The van der Waals surface area contributed by atoms with Crippen molar-refractivity contribution in [2.45, 2.75) is 46.0 Å². The smallest absolute Gasteiger partial charge is 0.261 e. The average molecular weight is 293 g/mol. The minimum Gasteiger partial charge on any atom is -0.395 e.